The molecule has 0 saturated carbocycles. The van der Waals surface area contributed by atoms with E-state index in [1.807, 2.05) is 13.8 Å². The fourth-order valence-corrected chi connectivity index (χ4v) is 1.58. The Kier molecular flexibility index (Phi) is 5.53. The minimum atomic E-state index is -0.529. The number of carbonyl (C=O) groups excluding carboxylic acids is 1. The summed E-state index contributed by atoms with van der Waals surface area (Å²) < 4.78 is 13.7. The van der Waals surface area contributed by atoms with Crippen LogP contribution in [0.2, 0.25) is 0 Å². The lowest BCUT2D eigenvalue weighted by atomic mass is 10.1. The van der Waals surface area contributed by atoms with Crippen LogP contribution in [0, 0.1) is 17.7 Å². The second-order valence-corrected chi connectivity index (χ2v) is 4.37. The van der Waals surface area contributed by atoms with Crippen molar-refractivity contribution in [1.29, 1.82) is 0 Å². The van der Waals surface area contributed by atoms with Crippen molar-refractivity contribution in [1.82, 2.24) is 4.90 Å². The fraction of sp³-hybridized carbons (Fsp3) is 0.400. The highest BCUT2D eigenvalue weighted by molar-refractivity contribution is 5.94. The van der Waals surface area contributed by atoms with Crippen LogP contribution in [0.25, 0.3) is 0 Å². The number of nitrogens with two attached hydrogens (primary N) is 1. The second kappa shape index (κ2) is 6.91. The predicted octanol–water partition coefficient (Wildman–Crippen LogP) is 2.01. The highest BCUT2D eigenvalue weighted by atomic mass is 19.1. The van der Waals surface area contributed by atoms with Crippen molar-refractivity contribution >= 4 is 5.91 Å². The summed E-state index contributed by atoms with van der Waals surface area (Å²) in [5.74, 6) is 4.62. The summed E-state index contributed by atoms with van der Waals surface area (Å²) in [6.07, 6.45) is 0.816. The zero-order valence-corrected chi connectivity index (χ0v) is 11.5. The summed E-state index contributed by atoms with van der Waals surface area (Å²) >= 11 is 0. The number of benzene rings is 1. The van der Waals surface area contributed by atoms with Gasteiger partial charge in [0.2, 0.25) is 0 Å². The average Bonchev–Trinajstić information content (AvgIpc) is 2.43. The molecule has 1 rings (SSSR count). The van der Waals surface area contributed by atoms with Crippen LogP contribution < -0.4 is 5.73 Å². The quantitative estimate of drug-likeness (QED) is 0.847. The predicted molar refractivity (Wildman–Crippen MR) is 74.2 cm³/mol. The third-order valence-corrected chi connectivity index (χ3v) is 3.10. The van der Waals surface area contributed by atoms with E-state index in [2.05, 4.69) is 11.8 Å². The summed E-state index contributed by atoms with van der Waals surface area (Å²) in [7, 11) is 1.67. The first-order chi connectivity index (χ1) is 9.01. The van der Waals surface area contributed by atoms with Crippen LogP contribution in [-0.2, 0) is 0 Å². The smallest absolute Gasteiger partial charge is 0.256 e. The van der Waals surface area contributed by atoms with E-state index < -0.39 is 5.82 Å². The molecule has 2 N–H and O–H groups in total. The number of hydrogen-bond acceptors (Lipinski definition) is 2. The Hall–Kier alpha value is -1.86. The molecule has 0 spiro atoms. The van der Waals surface area contributed by atoms with E-state index in [1.54, 1.807) is 11.9 Å². The average molecular weight is 262 g/mol. The maximum absolute atomic E-state index is 13.7. The van der Waals surface area contributed by atoms with Crippen LogP contribution in [0.15, 0.2) is 18.2 Å². The summed E-state index contributed by atoms with van der Waals surface area (Å²) in [4.78, 5) is 13.7. The van der Waals surface area contributed by atoms with Crippen molar-refractivity contribution in [2.24, 2.45) is 5.73 Å². The van der Waals surface area contributed by atoms with Crippen LogP contribution in [0.1, 0.15) is 36.2 Å². The molecule has 102 valence electrons. The highest BCUT2D eigenvalue weighted by Crippen LogP contribution is 2.14. The lowest BCUT2D eigenvalue weighted by Crippen LogP contribution is -2.35. The van der Waals surface area contributed by atoms with Crippen molar-refractivity contribution in [3.8, 4) is 11.8 Å². The molecule has 1 atom stereocenters. The number of halogens is 1. The minimum Gasteiger partial charge on any atom is -0.339 e. The molecule has 1 aromatic rings. The molecule has 1 unspecified atom stereocenters. The maximum Gasteiger partial charge on any atom is 0.256 e. The molecule has 0 aliphatic rings. The van der Waals surface area contributed by atoms with Gasteiger partial charge < -0.3 is 10.6 Å². The Morgan fingerprint density at radius 2 is 2.21 bits per heavy atom. The van der Waals surface area contributed by atoms with Gasteiger partial charge >= 0.3 is 0 Å². The fourth-order valence-electron chi connectivity index (χ4n) is 1.58. The van der Waals surface area contributed by atoms with Gasteiger partial charge in [-0.1, -0.05) is 18.8 Å². The number of rotatable bonds is 3. The van der Waals surface area contributed by atoms with Gasteiger partial charge in [0.1, 0.15) is 5.82 Å². The molecule has 4 heteroatoms. The highest BCUT2D eigenvalue weighted by Gasteiger charge is 2.19. The molecule has 0 radical (unpaired) electrons. The van der Waals surface area contributed by atoms with Crippen molar-refractivity contribution in [3.63, 3.8) is 0 Å². The van der Waals surface area contributed by atoms with Crippen molar-refractivity contribution in [2.45, 2.75) is 26.3 Å². The first-order valence-corrected chi connectivity index (χ1v) is 6.26. The molecule has 0 aliphatic carbocycles. The maximum atomic E-state index is 13.7. The van der Waals surface area contributed by atoms with Gasteiger partial charge in [0.25, 0.3) is 5.91 Å². The Labute approximate surface area is 113 Å². The van der Waals surface area contributed by atoms with E-state index in [0.29, 0.717) is 5.56 Å². The van der Waals surface area contributed by atoms with Gasteiger partial charge in [0.05, 0.1) is 12.1 Å². The molecule has 1 aromatic carbocycles. The lowest BCUT2D eigenvalue weighted by Gasteiger charge is -2.24. The third-order valence-electron chi connectivity index (χ3n) is 3.10. The molecular formula is C15H19FN2O. The standard InChI is InChI=1S/C15H19FN2O/c1-4-11(2)18(3)15(19)13-10-12(6-5-9-17)7-8-14(13)16/h7-8,10-11H,4,9,17H2,1-3H3. The number of hydrogen-bond donors (Lipinski definition) is 1. The Morgan fingerprint density at radius 1 is 1.53 bits per heavy atom. The minimum absolute atomic E-state index is 0.0478. The lowest BCUT2D eigenvalue weighted by molar-refractivity contribution is 0.0736. The van der Waals surface area contributed by atoms with E-state index in [9.17, 15) is 9.18 Å². The molecule has 1 amide bonds. The van der Waals surface area contributed by atoms with Crippen LogP contribution in [0.5, 0.6) is 0 Å². The number of carbonyl (C=O) groups is 1. The van der Waals surface area contributed by atoms with E-state index in [0.717, 1.165) is 6.42 Å². The largest absolute Gasteiger partial charge is 0.339 e. The number of amides is 1. The van der Waals surface area contributed by atoms with Crippen LogP contribution in [-0.4, -0.2) is 30.4 Å². The van der Waals surface area contributed by atoms with Crippen LogP contribution >= 0.6 is 0 Å². The van der Waals surface area contributed by atoms with Gasteiger partial charge in [0.15, 0.2) is 0 Å². The van der Waals surface area contributed by atoms with Gasteiger partial charge in [-0.15, -0.1) is 0 Å². The topological polar surface area (TPSA) is 46.3 Å². The van der Waals surface area contributed by atoms with Gasteiger partial charge in [-0.25, -0.2) is 4.39 Å². The Bertz CT molecular complexity index is 517. The second-order valence-electron chi connectivity index (χ2n) is 4.37. The third kappa shape index (κ3) is 3.80. The molecular weight excluding hydrogens is 243 g/mol. The van der Waals surface area contributed by atoms with Crippen molar-refractivity contribution in [3.05, 3.63) is 35.1 Å². The van der Waals surface area contributed by atoms with Crippen molar-refractivity contribution in [2.75, 3.05) is 13.6 Å². The van der Waals surface area contributed by atoms with E-state index in [4.69, 9.17) is 5.73 Å². The Balaban J connectivity index is 3.08. The number of nitrogens with zero attached hydrogens (tertiary/aromatic N) is 1. The van der Waals surface area contributed by atoms with Gasteiger partial charge in [-0.2, -0.15) is 0 Å². The van der Waals surface area contributed by atoms with Crippen LogP contribution in [0.3, 0.4) is 0 Å². The molecule has 3 nitrogen and oxygen atoms in total. The molecule has 0 saturated heterocycles. The first kappa shape index (κ1) is 15.2. The summed E-state index contributed by atoms with van der Waals surface area (Å²) in [6, 6.07) is 4.33. The zero-order valence-electron chi connectivity index (χ0n) is 11.5. The van der Waals surface area contributed by atoms with Gasteiger partial charge in [-0.3, -0.25) is 4.79 Å². The van der Waals surface area contributed by atoms with E-state index >= 15 is 0 Å². The molecule has 0 heterocycles. The van der Waals surface area contributed by atoms with Gasteiger partial charge in [0, 0.05) is 18.7 Å². The van der Waals surface area contributed by atoms with E-state index in [-0.39, 0.29) is 24.1 Å². The molecule has 19 heavy (non-hydrogen) atoms. The monoisotopic (exact) mass is 262 g/mol. The van der Waals surface area contributed by atoms with Crippen molar-refractivity contribution < 1.29 is 9.18 Å². The van der Waals surface area contributed by atoms with E-state index in [1.165, 1.54) is 18.2 Å². The summed E-state index contributed by atoms with van der Waals surface area (Å²) in [5, 5.41) is 0. The molecule has 0 fully saturated rings. The molecule has 0 aromatic heterocycles. The molecule has 0 bridgehead atoms. The summed E-state index contributed by atoms with van der Waals surface area (Å²) in [5.41, 5.74) is 5.93. The summed E-state index contributed by atoms with van der Waals surface area (Å²) in [6.45, 7) is 4.13. The molecule has 0 aliphatic heterocycles. The van der Waals surface area contributed by atoms with Crippen LogP contribution in [0.4, 0.5) is 4.39 Å². The zero-order chi connectivity index (χ0) is 14.4. The van der Waals surface area contributed by atoms with Gasteiger partial charge in [-0.05, 0) is 31.5 Å². The Morgan fingerprint density at radius 3 is 2.79 bits per heavy atom. The normalized spacial score (nSPS) is 11.4. The first-order valence-electron chi connectivity index (χ1n) is 6.26. The SMILES string of the molecule is CCC(C)N(C)C(=O)c1cc(C#CCN)ccc1F.